The highest BCUT2D eigenvalue weighted by Crippen LogP contribution is 2.14. The molecule has 6 heteroatoms. The quantitative estimate of drug-likeness (QED) is 0.0265. The van der Waals surface area contributed by atoms with Crippen LogP contribution in [0.15, 0.2) is 48.6 Å². The molecule has 0 aromatic carbocycles. The molecular weight excluding hydrogens is 709 g/mol. The molecule has 1 unspecified atom stereocenters. The molecular formula is C51H90O6. The Morgan fingerprint density at radius 3 is 1.09 bits per heavy atom. The molecule has 0 amide bonds. The average molecular weight is 799 g/mol. The molecule has 0 aliphatic carbocycles. The number of esters is 3. The number of rotatable bonds is 43. The Hall–Kier alpha value is -2.63. The van der Waals surface area contributed by atoms with Crippen LogP contribution in [0, 0.1) is 0 Å². The van der Waals surface area contributed by atoms with Gasteiger partial charge in [-0.25, -0.2) is 0 Å². The number of hydrogen-bond donors (Lipinski definition) is 0. The van der Waals surface area contributed by atoms with Crippen molar-refractivity contribution in [2.75, 3.05) is 13.2 Å². The second-order valence-corrected chi connectivity index (χ2v) is 16.0. The van der Waals surface area contributed by atoms with E-state index in [1.54, 1.807) is 0 Å². The summed E-state index contributed by atoms with van der Waals surface area (Å²) in [5.74, 6) is -0.902. The topological polar surface area (TPSA) is 78.9 Å². The number of hydrogen-bond acceptors (Lipinski definition) is 6. The van der Waals surface area contributed by atoms with Crippen LogP contribution in [0.5, 0.6) is 0 Å². The first-order valence-corrected chi connectivity index (χ1v) is 24.1. The summed E-state index contributed by atoms with van der Waals surface area (Å²) in [7, 11) is 0. The molecule has 0 aromatic heterocycles. The van der Waals surface area contributed by atoms with Crippen LogP contribution in [0.4, 0.5) is 0 Å². The van der Waals surface area contributed by atoms with Crippen LogP contribution in [-0.4, -0.2) is 37.2 Å². The molecule has 0 saturated heterocycles. The summed E-state index contributed by atoms with van der Waals surface area (Å²) in [6, 6.07) is 0. The third-order valence-electron chi connectivity index (χ3n) is 10.3. The summed E-state index contributed by atoms with van der Waals surface area (Å²) in [5, 5.41) is 0. The minimum atomic E-state index is -0.779. The van der Waals surface area contributed by atoms with Crippen LogP contribution < -0.4 is 0 Å². The first-order chi connectivity index (χ1) is 28.0. The van der Waals surface area contributed by atoms with Gasteiger partial charge in [0.25, 0.3) is 0 Å². The van der Waals surface area contributed by atoms with E-state index in [0.29, 0.717) is 19.3 Å². The largest absolute Gasteiger partial charge is 0.462 e. The Labute approximate surface area is 352 Å². The van der Waals surface area contributed by atoms with Gasteiger partial charge in [-0.05, 0) is 77.0 Å². The van der Waals surface area contributed by atoms with Crippen molar-refractivity contribution in [2.45, 2.75) is 245 Å². The lowest BCUT2D eigenvalue weighted by Gasteiger charge is -2.18. The molecule has 330 valence electrons. The fraction of sp³-hybridized carbons (Fsp3) is 0.784. The predicted octanol–water partition coefficient (Wildman–Crippen LogP) is 15.5. The highest BCUT2D eigenvalue weighted by molar-refractivity contribution is 5.71. The normalized spacial score (nSPS) is 12.4. The van der Waals surface area contributed by atoms with E-state index in [-0.39, 0.29) is 31.1 Å². The smallest absolute Gasteiger partial charge is 0.306 e. The van der Waals surface area contributed by atoms with E-state index in [0.717, 1.165) is 103 Å². The van der Waals surface area contributed by atoms with E-state index in [1.165, 1.54) is 96.3 Å². The van der Waals surface area contributed by atoms with Crippen LogP contribution in [0.3, 0.4) is 0 Å². The van der Waals surface area contributed by atoms with Gasteiger partial charge in [0.2, 0.25) is 0 Å². The highest BCUT2D eigenvalue weighted by atomic mass is 16.6. The van der Waals surface area contributed by atoms with Crippen molar-refractivity contribution in [3.05, 3.63) is 48.6 Å². The average Bonchev–Trinajstić information content (AvgIpc) is 3.21. The van der Waals surface area contributed by atoms with Crippen LogP contribution in [0.25, 0.3) is 0 Å². The highest BCUT2D eigenvalue weighted by Gasteiger charge is 2.19. The van der Waals surface area contributed by atoms with Crippen molar-refractivity contribution >= 4 is 17.9 Å². The maximum absolute atomic E-state index is 12.7. The SMILES string of the molecule is CC/C=C\C/C=C\CCCCCCCC(=O)OC(COC(=O)CCCCCCCCC/C=C\C/C=C\CCCCC)COC(=O)CCCCCCCCCCCC. The summed E-state index contributed by atoms with van der Waals surface area (Å²) >= 11 is 0. The van der Waals surface area contributed by atoms with E-state index in [9.17, 15) is 14.4 Å². The zero-order valence-corrected chi connectivity index (χ0v) is 37.6. The van der Waals surface area contributed by atoms with Gasteiger partial charge in [-0.1, -0.05) is 191 Å². The third-order valence-corrected chi connectivity index (χ3v) is 10.3. The summed E-state index contributed by atoms with van der Waals surface area (Å²) in [6.07, 6.45) is 53.8. The molecule has 0 aliphatic rings. The molecule has 0 heterocycles. The molecule has 57 heavy (non-hydrogen) atoms. The Kier molecular flexibility index (Phi) is 43.9. The van der Waals surface area contributed by atoms with Crippen molar-refractivity contribution in [1.29, 1.82) is 0 Å². The lowest BCUT2D eigenvalue weighted by atomic mass is 10.1. The summed E-state index contributed by atoms with van der Waals surface area (Å²) in [4.78, 5) is 37.8. The lowest BCUT2D eigenvalue weighted by Crippen LogP contribution is -2.30. The van der Waals surface area contributed by atoms with Crippen molar-refractivity contribution in [3.63, 3.8) is 0 Å². The second kappa shape index (κ2) is 46.1. The molecule has 1 atom stereocenters. The van der Waals surface area contributed by atoms with E-state index < -0.39 is 6.10 Å². The Bertz CT molecular complexity index is 1010. The van der Waals surface area contributed by atoms with Crippen LogP contribution in [-0.2, 0) is 28.6 Å². The van der Waals surface area contributed by atoms with Gasteiger partial charge in [0.15, 0.2) is 6.10 Å². The number of unbranched alkanes of at least 4 members (excludes halogenated alkanes) is 24. The number of carbonyl (C=O) groups excluding carboxylic acids is 3. The van der Waals surface area contributed by atoms with Gasteiger partial charge >= 0.3 is 17.9 Å². The van der Waals surface area contributed by atoms with Gasteiger partial charge in [0, 0.05) is 19.3 Å². The summed E-state index contributed by atoms with van der Waals surface area (Å²) < 4.78 is 16.7. The Morgan fingerprint density at radius 1 is 0.368 bits per heavy atom. The molecule has 0 spiro atoms. The second-order valence-electron chi connectivity index (χ2n) is 16.0. The number of carbonyl (C=O) groups is 3. The maximum Gasteiger partial charge on any atom is 0.306 e. The predicted molar refractivity (Wildman–Crippen MR) is 242 cm³/mol. The zero-order chi connectivity index (χ0) is 41.5. The monoisotopic (exact) mass is 799 g/mol. The van der Waals surface area contributed by atoms with Gasteiger partial charge in [-0.2, -0.15) is 0 Å². The Balaban J connectivity index is 4.35. The number of ether oxygens (including phenoxy) is 3. The molecule has 0 fully saturated rings. The maximum atomic E-state index is 12.7. The standard InChI is InChI=1S/C51H90O6/c1-4-7-10-13-16-19-22-24-25-26-27-28-30-32-35-38-41-44-50(53)56-47-48(46-55-49(52)43-40-37-34-31-21-18-15-12-9-6-3)57-51(54)45-42-39-36-33-29-23-20-17-14-11-8-5-2/h8,11,16-17,19-20,24-25,48H,4-7,9-10,12-15,18,21-23,26-47H2,1-3H3/b11-8-,19-16-,20-17-,25-24-. The fourth-order valence-corrected chi connectivity index (χ4v) is 6.69. The summed E-state index contributed by atoms with van der Waals surface area (Å²) in [6.45, 7) is 6.47. The fourth-order valence-electron chi connectivity index (χ4n) is 6.69. The van der Waals surface area contributed by atoms with Gasteiger partial charge < -0.3 is 14.2 Å². The molecule has 0 saturated carbocycles. The minimum absolute atomic E-state index is 0.0800. The van der Waals surface area contributed by atoms with Crippen molar-refractivity contribution in [3.8, 4) is 0 Å². The first kappa shape index (κ1) is 54.4. The van der Waals surface area contributed by atoms with Gasteiger partial charge in [-0.15, -0.1) is 0 Å². The zero-order valence-electron chi connectivity index (χ0n) is 37.6. The van der Waals surface area contributed by atoms with Gasteiger partial charge in [-0.3, -0.25) is 14.4 Å². The van der Waals surface area contributed by atoms with E-state index >= 15 is 0 Å². The third kappa shape index (κ3) is 44.3. The lowest BCUT2D eigenvalue weighted by molar-refractivity contribution is -0.167. The summed E-state index contributed by atoms with van der Waals surface area (Å²) in [5.41, 5.74) is 0. The molecule has 0 aromatic rings. The Morgan fingerprint density at radius 2 is 0.684 bits per heavy atom. The molecule has 0 aliphatic heterocycles. The van der Waals surface area contributed by atoms with Crippen molar-refractivity contribution in [2.24, 2.45) is 0 Å². The van der Waals surface area contributed by atoms with Crippen LogP contribution in [0.2, 0.25) is 0 Å². The van der Waals surface area contributed by atoms with E-state index in [4.69, 9.17) is 14.2 Å². The molecule has 0 N–H and O–H groups in total. The molecule has 0 radical (unpaired) electrons. The first-order valence-electron chi connectivity index (χ1n) is 24.1. The van der Waals surface area contributed by atoms with Crippen molar-refractivity contribution < 1.29 is 28.6 Å². The van der Waals surface area contributed by atoms with Crippen LogP contribution >= 0.6 is 0 Å². The molecule has 0 rings (SSSR count). The van der Waals surface area contributed by atoms with E-state index in [2.05, 4.69) is 69.4 Å². The molecule has 6 nitrogen and oxygen atoms in total. The van der Waals surface area contributed by atoms with Gasteiger partial charge in [0.1, 0.15) is 13.2 Å². The number of allylic oxidation sites excluding steroid dienone is 8. The van der Waals surface area contributed by atoms with E-state index in [1.807, 2.05) is 0 Å². The van der Waals surface area contributed by atoms with Gasteiger partial charge in [0.05, 0.1) is 0 Å². The van der Waals surface area contributed by atoms with Crippen molar-refractivity contribution in [1.82, 2.24) is 0 Å². The molecule has 0 bridgehead atoms. The van der Waals surface area contributed by atoms with Crippen LogP contribution in [0.1, 0.15) is 239 Å². The minimum Gasteiger partial charge on any atom is -0.462 e.